The molecular formula is C40H63NO7. The first-order chi connectivity index (χ1) is 22.7. The average molecular weight is 670 g/mol. The van der Waals surface area contributed by atoms with Crippen LogP contribution in [0.4, 0.5) is 0 Å². The van der Waals surface area contributed by atoms with Crippen molar-refractivity contribution in [3.63, 3.8) is 0 Å². The van der Waals surface area contributed by atoms with Crippen LogP contribution in [0.1, 0.15) is 105 Å². The summed E-state index contributed by atoms with van der Waals surface area (Å²) >= 11 is 0. The minimum atomic E-state index is -1.12. The molecule has 0 radical (unpaired) electrons. The van der Waals surface area contributed by atoms with Crippen LogP contribution in [0, 0.1) is 63.6 Å². The van der Waals surface area contributed by atoms with Crippen molar-refractivity contribution in [1.82, 2.24) is 4.90 Å². The van der Waals surface area contributed by atoms with Crippen LogP contribution in [0.15, 0.2) is 12.2 Å². The van der Waals surface area contributed by atoms with Crippen LogP contribution in [0.25, 0.3) is 0 Å². The maximum atomic E-state index is 14.1. The zero-order valence-electron chi connectivity index (χ0n) is 30.8. The van der Waals surface area contributed by atoms with Crippen molar-refractivity contribution in [3.05, 3.63) is 12.2 Å². The van der Waals surface area contributed by atoms with E-state index < -0.39 is 22.2 Å². The fourth-order valence-electron chi connectivity index (χ4n) is 11.6. The third-order valence-corrected chi connectivity index (χ3v) is 13.9. The maximum absolute atomic E-state index is 14.1. The Morgan fingerprint density at radius 3 is 2.17 bits per heavy atom. The molecule has 0 amide bonds. The second-order valence-corrected chi connectivity index (χ2v) is 18.1. The summed E-state index contributed by atoms with van der Waals surface area (Å²) in [6, 6.07) is 0. The molecular weight excluding hydrogens is 606 g/mol. The Hall–Kier alpha value is -1.93. The van der Waals surface area contributed by atoms with Crippen LogP contribution in [-0.4, -0.2) is 75.5 Å². The van der Waals surface area contributed by atoms with Crippen LogP contribution >= 0.6 is 0 Å². The quantitative estimate of drug-likeness (QED) is 0.0763. The van der Waals surface area contributed by atoms with Crippen molar-refractivity contribution in [2.75, 3.05) is 40.5 Å². The second kappa shape index (κ2) is 14.0. The van der Waals surface area contributed by atoms with Gasteiger partial charge >= 0.3 is 17.9 Å². The van der Waals surface area contributed by atoms with E-state index in [1.807, 2.05) is 53.6 Å². The number of nitrogens with zero attached hydrogens (tertiary/aromatic N) is 1. The molecule has 5 fully saturated rings. The number of carbonyl (C=O) groups is 3. The molecule has 6 rings (SSSR count). The number of likely N-dealkylation sites (N-methyl/N-ethyl adjacent to an activating group) is 1. The third kappa shape index (κ3) is 7.00. The highest BCUT2D eigenvalue weighted by molar-refractivity contribution is 5.82. The smallest absolute Gasteiger partial charge is 0.312 e. The van der Waals surface area contributed by atoms with E-state index in [0.29, 0.717) is 49.2 Å². The summed E-state index contributed by atoms with van der Waals surface area (Å²) in [4.78, 5) is 43.5. The van der Waals surface area contributed by atoms with Crippen molar-refractivity contribution < 1.29 is 33.3 Å². The Morgan fingerprint density at radius 1 is 0.729 bits per heavy atom. The molecule has 8 nitrogen and oxygen atoms in total. The molecule has 8 heteroatoms. The average Bonchev–Trinajstić information content (AvgIpc) is 3.85. The lowest BCUT2D eigenvalue weighted by Gasteiger charge is -2.40. The molecule has 0 saturated heterocycles. The van der Waals surface area contributed by atoms with E-state index in [4.69, 9.17) is 18.9 Å². The monoisotopic (exact) mass is 669 g/mol. The first-order valence-electron chi connectivity index (χ1n) is 19.2. The van der Waals surface area contributed by atoms with Gasteiger partial charge in [0.2, 0.25) is 0 Å². The minimum Gasteiger partial charge on any atom is -0.464 e. The maximum Gasteiger partial charge on any atom is 0.312 e. The number of rotatable bonds is 16. The normalized spacial score (nSPS) is 36.9. The largest absolute Gasteiger partial charge is 0.464 e. The van der Waals surface area contributed by atoms with E-state index in [2.05, 4.69) is 12.2 Å². The van der Waals surface area contributed by atoms with Gasteiger partial charge in [-0.25, -0.2) is 0 Å². The lowest BCUT2D eigenvalue weighted by atomic mass is 9.65. The molecule has 6 aliphatic rings. The van der Waals surface area contributed by atoms with Gasteiger partial charge < -0.3 is 23.8 Å². The van der Waals surface area contributed by atoms with E-state index in [1.54, 1.807) is 0 Å². The van der Waals surface area contributed by atoms with Gasteiger partial charge in [-0.3, -0.25) is 14.4 Å². The molecule has 6 aliphatic carbocycles. The number of hydrogen-bond acceptors (Lipinski definition) is 8. The molecule has 5 saturated carbocycles. The molecule has 12 atom stereocenters. The fourth-order valence-corrected chi connectivity index (χ4v) is 11.6. The zero-order valence-corrected chi connectivity index (χ0v) is 30.8. The van der Waals surface area contributed by atoms with E-state index >= 15 is 0 Å². The first-order valence-corrected chi connectivity index (χ1v) is 19.2. The van der Waals surface area contributed by atoms with Crippen molar-refractivity contribution in [1.29, 1.82) is 0 Å². The van der Waals surface area contributed by atoms with Gasteiger partial charge in [0.05, 0.1) is 29.0 Å². The number of allylic oxidation sites excluding steroid dienone is 2. The van der Waals surface area contributed by atoms with Crippen molar-refractivity contribution in [2.45, 2.75) is 117 Å². The molecule has 0 aromatic rings. The topological polar surface area (TPSA) is 91.4 Å². The molecule has 0 aromatic heterocycles. The summed E-state index contributed by atoms with van der Waals surface area (Å²) in [7, 11) is 3.87. The summed E-state index contributed by atoms with van der Waals surface area (Å²) in [5.74, 6) is 4.49. The third-order valence-electron chi connectivity index (χ3n) is 13.9. The van der Waals surface area contributed by atoms with Gasteiger partial charge in [-0.2, -0.15) is 0 Å². The highest BCUT2D eigenvalue weighted by atomic mass is 16.6. The van der Waals surface area contributed by atoms with Crippen LogP contribution in [0.2, 0.25) is 0 Å². The Bertz CT molecular complexity index is 1230. The predicted molar refractivity (Wildman–Crippen MR) is 184 cm³/mol. The van der Waals surface area contributed by atoms with E-state index in [1.165, 1.54) is 32.1 Å². The van der Waals surface area contributed by atoms with Crippen LogP contribution in [0.5, 0.6) is 0 Å². The summed E-state index contributed by atoms with van der Waals surface area (Å²) in [5.41, 5.74) is -2.98. The van der Waals surface area contributed by atoms with Crippen molar-refractivity contribution in [2.24, 2.45) is 63.6 Å². The molecule has 0 spiro atoms. The standard InChI is InChI=1S/C40H63NO7/c1-8-39(4,37(44)48-34-22-26-20-32(34)30-14-10-12-28(26)30)24-40(5,23-38(2,3)35(42)46-16-15-41(6)7)36(43)47-18-17-45-33-21-25-19-31(33)29-13-9-11-27(25)29/h9,11,25-34H,8,10,12-24H2,1-7H3. The lowest BCUT2D eigenvalue weighted by molar-refractivity contribution is -0.174. The second-order valence-electron chi connectivity index (χ2n) is 18.1. The Kier molecular flexibility index (Phi) is 10.5. The van der Waals surface area contributed by atoms with Gasteiger partial charge in [-0.1, -0.05) is 25.5 Å². The Morgan fingerprint density at radius 2 is 1.42 bits per heavy atom. The summed E-state index contributed by atoms with van der Waals surface area (Å²) in [5, 5.41) is 0. The molecule has 0 N–H and O–H groups in total. The highest BCUT2D eigenvalue weighted by Crippen LogP contribution is 2.60. The number of esters is 3. The lowest BCUT2D eigenvalue weighted by Crippen LogP contribution is -2.45. The predicted octanol–water partition coefficient (Wildman–Crippen LogP) is 6.85. The van der Waals surface area contributed by atoms with Gasteiger partial charge in [0.1, 0.15) is 19.3 Å². The van der Waals surface area contributed by atoms with Crippen molar-refractivity contribution >= 4 is 17.9 Å². The molecule has 0 heterocycles. The molecule has 270 valence electrons. The molecule has 12 unspecified atom stereocenters. The Balaban J connectivity index is 1.10. The van der Waals surface area contributed by atoms with Crippen LogP contribution in [0.3, 0.4) is 0 Å². The summed E-state index contributed by atoms with van der Waals surface area (Å²) < 4.78 is 24.4. The minimum absolute atomic E-state index is 0.0210. The van der Waals surface area contributed by atoms with E-state index in [0.717, 1.165) is 37.0 Å². The SMILES string of the molecule is CCC(C)(CC(C)(CC(C)(C)C(=O)OCCN(C)C)C(=O)OCCOC1CC2CC1C1CC=CC21)C(=O)OC1CC2CC1C1CCCC21. The van der Waals surface area contributed by atoms with Crippen LogP contribution in [-0.2, 0) is 33.3 Å². The van der Waals surface area contributed by atoms with Gasteiger partial charge in [-0.15, -0.1) is 0 Å². The molecule has 0 aliphatic heterocycles. The van der Waals surface area contributed by atoms with E-state index in [9.17, 15) is 14.4 Å². The van der Waals surface area contributed by atoms with Gasteiger partial charge in [-0.05, 0) is 153 Å². The molecule has 4 bridgehead atoms. The molecule has 48 heavy (non-hydrogen) atoms. The number of ether oxygens (including phenoxy) is 4. The highest BCUT2D eigenvalue weighted by Gasteiger charge is 2.57. The summed E-state index contributed by atoms with van der Waals surface area (Å²) in [6.07, 6.45) is 15.5. The van der Waals surface area contributed by atoms with Gasteiger partial charge in [0.15, 0.2) is 0 Å². The van der Waals surface area contributed by atoms with Crippen LogP contribution < -0.4 is 0 Å². The summed E-state index contributed by atoms with van der Waals surface area (Å²) in [6.45, 7) is 10.8. The Labute approximate surface area is 289 Å². The van der Waals surface area contributed by atoms with Gasteiger partial charge in [0.25, 0.3) is 0 Å². The van der Waals surface area contributed by atoms with Gasteiger partial charge in [0, 0.05) is 6.54 Å². The number of hydrogen-bond donors (Lipinski definition) is 0. The first kappa shape index (κ1) is 35.9. The number of carbonyl (C=O) groups excluding carboxylic acids is 3. The number of fused-ring (bicyclic) bond motifs is 10. The molecule has 0 aromatic carbocycles. The fraction of sp³-hybridized carbons (Fsp3) is 0.875. The zero-order chi connectivity index (χ0) is 34.4. The van der Waals surface area contributed by atoms with Crippen molar-refractivity contribution in [3.8, 4) is 0 Å². The van der Waals surface area contributed by atoms with E-state index in [-0.39, 0.29) is 50.2 Å².